The molecule has 1 atom stereocenters. The van der Waals surface area contributed by atoms with E-state index in [1.54, 1.807) is 12.1 Å². The van der Waals surface area contributed by atoms with Crippen LogP contribution in [-0.4, -0.2) is 30.0 Å². The molecule has 0 bridgehead atoms. The van der Waals surface area contributed by atoms with Gasteiger partial charge in [0.05, 0.1) is 7.11 Å². The molecule has 1 heterocycles. The van der Waals surface area contributed by atoms with Gasteiger partial charge in [-0.15, -0.1) is 0 Å². The monoisotopic (exact) mass is 312 g/mol. The highest BCUT2D eigenvalue weighted by Crippen LogP contribution is 2.12. The van der Waals surface area contributed by atoms with Gasteiger partial charge in [-0.3, -0.25) is 9.78 Å². The number of hydrogen-bond donors (Lipinski definition) is 1. The highest BCUT2D eigenvalue weighted by Gasteiger charge is 2.22. The van der Waals surface area contributed by atoms with Gasteiger partial charge in [0.15, 0.2) is 0 Å². The number of carbonyl (C=O) groups excluding carboxylic acids is 2. The molecule has 0 aliphatic heterocycles. The first-order chi connectivity index (χ1) is 11.0. The average Bonchev–Trinajstić information content (AvgIpc) is 2.57. The van der Waals surface area contributed by atoms with Crippen LogP contribution in [0, 0.1) is 13.8 Å². The zero-order valence-corrected chi connectivity index (χ0v) is 13.5. The van der Waals surface area contributed by atoms with Crippen LogP contribution in [0.25, 0.3) is 0 Å². The first kappa shape index (κ1) is 16.7. The molecule has 5 nitrogen and oxygen atoms in total. The van der Waals surface area contributed by atoms with Crippen molar-refractivity contribution in [3.05, 3.63) is 65.0 Å². The summed E-state index contributed by atoms with van der Waals surface area (Å²) in [4.78, 5) is 28.1. The average molecular weight is 312 g/mol. The molecule has 2 rings (SSSR count). The summed E-state index contributed by atoms with van der Waals surface area (Å²) in [5.41, 5.74) is 3.75. The molecule has 1 aromatic carbocycles. The van der Waals surface area contributed by atoms with E-state index in [4.69, 9.17) is 4.74 Å². The molecule has 0 unspecified atom stereocenters. The van der Waals surface area contributed by atoms with Crippen LogP contribution in [0.4, 0.5) is 0 Å². The molecular formula is C18H20N2O3. The maximum absolute atomic E-state index is 12.2. The number of nitrogens with one attached hydrogen (secondary N) is 1. The number of amides is 1. The van der Waals surface area contributed by atoms with Crippen LogP contribution < -0.4 is 5.32 Å². The Morgan fingerprint density at radius 2 is 1.83 bits per heavy atom. The number of hydrogen-bond acceptors (Lipinski definition) is 4. The number of rotatable bonds is 5. The molecule has 0 radical (unpaired) electrons. The second-order valence-corrected chi connectivity index (χ2v) is 5.41. The van der Waals surface area contributed by atoms with Crippen LogP contribution in [-0.2, 0) is 16.0 Å². The van der Waals surface area contributed by atoms with Crippen LogP contribution >= 0.6 is 0 Å². The van der Waals surface area contributed by atoms with Crippen molar-refractivity contribution in [3.63, 3.8) is 0 Å². The van der Waals surface area contributed by atoms with E-state index < -0.39 is 12.0 Å². The molecule has 23 heavy (non-hydrogen) atoms. The minimum Gasteiger partial charge on any atom is -0.467 e. The third-order valence-corrected chi connectivity index (χ3v) is 3.74. The summed E-state index contributed by atoms with van der Waals surface area (Å²) in [7, 11) is 1.31. The third kappa shape index (κ3) is 4.39. The summed E-state index contributed by atoms with van der Waals surface area (Å²) in [6, 6.07) is 8.44. The SMILES string of the molecule is COC(=O)[C@@H](Cc1ccc(C)c(C)c1)NC(=O)c1ccncc1. The number of aryl methyl sites for hydroxylation is 2. The number of aromatic nitrogens is 1. The highest BCUT2D eigenvalue weighted by atomic mass is 16.5. The van der Waals surface area contributed by atoms with Gasteiger partial charge in [0.1, 0.15) is 6.04 Å². The fourth-order valence-corrected chi connectivity index (χ4v) is 2.25. The van der Waals surface area contributed by atoms with Gasteiger partial charge >= 0.3 is 5.97 Å². The summed E-state index contributed by atoms with van der Waals surface area (Å²) in [6.45, 7) is 4.05. The quantitative estimate of drug-likeness (QED) is 0.860. The lowest BCUT2D eigenvalue weighted by Gasteiger charge is -2.17. The van der Waals surface area contributed by atoms with Crippen LogP contribution in [0.3, 0.4) is 0 Å². The van der Waals surface area contributed by atoms with Crippen LogP contribution in [0.15, 0.2) is 42.7 Å². The van der Waals surface area contributed by atoms with Crippen LogP contribution in [0.2, 0.25) is 0 Å². The zero-order valence-electron chi connectivity index (χ0n) is 13.5. The second-order valence-electron chi connectivity index (χ2n) is 5.41. The Bertz CT molecular complexity index is 699. The van der Waals surface area contributed by atoms with E-state index >= 15 is 0 Å². The lowest BCUT2D eigenvalue weighted by Crippen LogP contribution is -2.43. The van der Waals surface area contributed by atoms with E-state index in [-0.39, 0.29) is 5.91 Å². The molecule has 5 heteroatoms. The van der Waals surface area contributed by atoms with E-state index in [9.17, 15) is 9.59 Å². The lowest BCUT2D eigenvalue weighted by molar-refractivity contribution is -0.142. The molecule has 0 fully saturated rings. The minimum atomic E-state index is -0.734. The van der Waals surface area contributed by atoms with Gasteiger partial charge in [-0.1, -0.05) is 18.2 Å². The molecule has 1 amide bonds. The molecule has 0 saturated heterocycles. The van der Waals surface area contributed by atoms with Gasteiger partial charge in [-0.05, 0) is 42.7 Å². The number of methoxy groups -OCH3 is 1. The van der Waals surface area contributed by atoms with Crippen molar-refractivity contribution in [2.75, 3.05) is 7.11 Å². The fourth-order valence-electron chi connectivity index (χ4n) is 2.25. The molecule has 0 aliphatic carbocycles. The smallest absolute Gasteiger partial charge is 0.328 e. The summed E-state index contributed by atoms with van der Waals surface area (Å²) in [6.07, 6.45) is 3.45. The van der Waals surface area contributed by atoms with Gasteiger partial charge < -0.3 is 10.1 Å². The molecule has 2 aromatic rings. The summed E-state index contributed by atoms with van der Waals surface area (Å²) in [5, 5.41) is 2.73. The van der Waals surface area contributed by atoms with Crippen molar-refractivity contribution in [1.82, 2.24) is 10.3 Å². The van der Waals surface area contributed by atoms with Crippen molar-refractivity contribution < 1.29 is 14.3 Å². The summed E-state index contributed by atoms with van der Waals surface area (Å²) < 4.78 is 4.81. The van der Waals surface area contributed by atoms with Gasteiger partial charge in [0, 0.05) is 24.4 Å². The van der Waals surface area contributed by atoms with Crippen molar-refractivity contribution >= 4 is 11.9 Å². The predicted molar refractivity (Wildman–Crippen MR) is 87.1 cm³/mol. The molecule has 0 saturated carbocycles. The molecule has 120 valence electrons. The number of pyridine rings is 1. The van der Waals surface area contributed by atoms with Gasteiger partial charge in [-0.2, -0.15) is 0 Å². The normalized spacial score (nSPS) is 11.6. The summed E-state index contributed by atoms with van der Waals surface area (Å²) >= 11 is 0. The number of benzene rings is 1. The van der Waals surface area contributed by atoms with Gasteiger partial charge in [0.25, 0.3) is 5.91 Å². The Morgan fingerprint density at radius 1 is 1.13 bits per heavy atom. The molecule has 0 aliphatic rings. The standard InChI is InChI=1S/C18H20N2O3/c1-12-4-5-14(10-13(12)2)11-16(18(22)23-3)20-17(21)15-6-8-19-9-7-15/h4-10,16H,11H2,1-3H3,(H,20,21)/t16-/m1/s1. The Kier molecular flexibility index (Phi) is 5.46. The van der Waals surface area contributed by atoms with E-state index in [0.717, 1.165) is 11.1 Å². The van der Waals surface area contributed by atoms with Gasteiger partial charge in [0.2, 0.25) is 0 Å². The minimum absolute atomic E-state index is 0.327. The Hall–Kier alpha value is -2.69. The number of carbonyl (C=O) groups is 2. The van der Waals surface area contributed by atoms with Gasteiger partial charge in [-0.25, -0.2) is 4.79 Å². The molecule has 1 N–H and O–H groups in total. The van der Waals surface area contributed by atoms with Crippen molar-refractivity contribution in [1.29, 1.82) is 0 Å². The largest absolute Gasteiger partial charge is 0.467 e. The second kappa shape index (κ2) is 7.54. The van der Waals surface area contributed by atoms with Crippen molar-refractivity contribution in [2.45, 2.75) is 26.3 Å². The van der Waals surface area contributed by atoms with E-state index in [0.29, 0.717) is 12.0 Å². The fraction of sp³-hybridized carbons (Fsp3) is 0.278. The number of ether oxygens (including phenoxy) is 1. The number of esters is 1. The van der Waals surface area contributed by atoms with Crippen LogP contribution in [0.1, 0.15) is 27.0 Å². The highest BCUT2D eigenvalue weighted by molar-refractivity contribution is 5.96. The Balaban J connectivity index is 2.15. The Labute approximate surface area is 135 Å². The molecular weight excluding hydrogens is 292 g/mol. The first-order valence-corrected chi connectivity index (χ1v) is 7.36. The van der Waals surface area contributed by atoms with E-state index in [1.807, 2.05) is 32.0 Å². The maximum atomic E-state index is 12.2. The molecule has 0 spiro atoms. The lowest BCUT2D eigenvalue weighted by atomic mass is 10.0. The number of nitrogens with zero attached hydrogens (tertiary/aromatic N) is 1. The van der Waals surface area contributed by atoms with Crippen molar-refractivity contribution in [3.8, 4) is 0 Å². The Morgan fingerprint density at radius 3 is 2.43 bits per heavy atom. The first-order valence-electron chi connectivity index (χ1n) is 7.36. The van der Waals surface area contributed by atoms with E-state index in [1.165, 1.54) is 25.1 Å². The van der Waals surface area contributed by atoms with E-state index in [2.05, 4.69) is 10.3 Å². The van der Waals surface area contributed by atoms with Crippen molar-refractivity contribution in [2.24, 2.45) is 0 Å². The zero-order chi connectivity index (χ0) is 16.8. The van der Waals surface area contributed by atoms with Crippen LogP contribution in [0.5, 0.6) is 0 Å². The summed E-state index contributed by atoms with van der Waals surface area (Å²) in [5.74, 6) is -0.794. The predicted octanol–water partition coefficient (Wildman–Crippen LogP) is 2.21. The maximum Gasteiger partial charge on any atom is 0.328 e. The molecule has 1 aromatic heterocycles. The topological polar surface area (TPSA) is 68.3 Å². The third-order valence-electron chi connectivity index (χ3n) is 3.74.